The Hall–Kier alpha value is -2.92. The lowest BCUT2D eigenvalue weighted by Crippen LogP contribution is -2.22. The molecule has 3 rings (SSSR count). The Balaban J connectivity index is 1.72. The van der Waals surface area contributed by atoms with Crippen LogP contribution in [0, 0.1) is 5.82 Å². The second-order valence-corrected chi connectivity index (χ2v) is 6.36. The highest BCUT2D eigenvalue weighted by molar-refractivity contribution is 6.34. The zero-order valence-electron chi connectivity index (χ0n) is 14.8. The van der Waals surface area contributed by atoms with Gasteiger partial charge in [-0.25, -0.2) is 9.37 Å². The smallest absolute Gasteiger partial charge is 0.261 e. The number of hydrogen-bond donors (Lipinski definition) is 1. The number of pyridine rings is 1. The van der Waals surface area contributed by atoms with E-state index in [1.54, 1.807) is 12.3 Å². The van der Waals surface area contributed by atoms with E-state index in [0.717, 1.165) is 18.8 Å². The molecule has 2 aromatic carbocycles. The van der Waals surface area contributed by atoms with Crippen LogP contribution >= 0.6 is 11.6 Å². The SMILES string of the molecule is CCN(Cc1ccccc1)c1ccc(NC(=O)c2c(F)cccc2Cl)nc1. The van der Waals surface area contributed by atoms with E-state index in [0.29, 0.717) is 5.82 Å². The lowest BCUT2D eigenvalue weighted by molar-refractivity contribution is 0.102. The van der Waals surface area contributed by atoms with E-state index < -0.39 is 11.7 Å². The van der Waals surface area contributed by atoms with E-state index in [4.69, 9.17) is 11.6 Å². The van der Waals surface area contributed by atoms with E-state index >= 15 is 0 Å². The van der Waals surface area contributed by atoms with Gasteiger partial charge in [-0.1, -0.05) is 48.0 Å². The quantitative estimate of drug-likeness (QED) is 0.640. The minimum atomic E-state index is -0.670. The summed E-state index contributed by atoms with van der Waals surface area (Å²) in [4.78, 5) is 18.7. The van der Waals surface area contributed by atoms with Gasteiger partial charge in [0, 0.05) is 13.1 Å². The molecule has 0 aliphatic rings. The molecule has 0 radical (unpaired) electrons. The number of carbonyl (C=O) groups is 1. The molecule has 6 heteroatoms. The molecule has 1 heterocycles. The summed E-state index contributed by atoms with van der Waals surface area (Å²) in [6.45, 7) is 3.64. The molecule has 0 atom stereocenters. The highest BCUT2D eigenvalue weighted by Gasteiger charge is 2.16. The molecule has 0 saturated heterocycles. The van der Waals surface area contributed by atoms with Crippen molar-refractivity contribution in [1.82, 2.24) is 4.98 Å². The Bertz CT molecular complexity index is 896. The van der Waals surface area contributed by atoms with Crippen molar-refractivity contribution in [1.29, 1.82) is 0 Å². The second-order valence-electron chi connectivity index (χ2n) is 5.95. The van der Waals surface area contributed by atoms with Gasteiger partial charge in [-0.3, -0.25) is 4.79 Å². The third-order valence-electron chi connectivity index (χ3n) is 4.14. The number of benzene rings is 2. The van der Waals surface area contributed by atoms with Gasteiger partial charge in [-0.2, -0.15) is 0 Å². The first-order valence-electron chi connectivity index (χ1n) is 8.58. The summed E-state index contributed by atoms with van der Waals surface area (Å²) in [5.41, 5.74) is 1.94. The maximum Gasteiger partial charge on any atom is 0.261 e. The molecular formula is C21H19ClFN3O. The van der Waals surface area contributed by atoms with E-state index in [2.05, 4.69) is 34.3 Å². The minimum Gasteiger partial charge on any atom is -0.366 e. The van der Waals surface area contributed by atoms with Gasteiger partial charge in [0.25, 0.3) is 5.91 Å². The van der Waals surface area contributed by atoms with Crippen LogP contribution in [0.3, 0.4) is 0 Å². The van der Waals surface area contributed by atoms with Gasteiger partial charge in [0.15, 0.2) is 0 Å². The summed E-state index contributed by atoms with van der Waals surface area (Å²) in [5, 5.41) is 2.64. The van der Waals surface area contributed by atoms with Gasteiger partial charge in [-0.05, 0) is 36.8 Å². The summed E-state index contributed by atoms with van der Waals surface area (Å²) in [7, 11) is 0. The number of anilines is 2. The maximum atomic E-state index is 13.9. The number of nitrogens with one attached hydrogen (secondary N) is 1. The largest absolute Gasteiger partial charge is 0.366 e. The first-order chi connectivity index (χ1) is 13.1. The summed E-state index contributed by atoms with van der Waals surface area (Å²) < 4.78 is 13.9. The van der Waals surface area contributed by atoms with Crippen molar-refractivity contribution in [2.24, 2.45) is 0 Å². The van der Waals surface area contributed by atoms with Gasteiger partial charge >= 0.3 is 0 Å². The average molecular weight is 384 g/mol. The van der Waals surface area contributed by atoms with Gasteiger partial charge in [0.1, 0.15) is 11.6 Å². The Morgan fingerprint density at radius 3 is 2.52 bits per heavy atom. The standard InChI is InChI=1S/C21H19ClFN3O/c1-2-26(14-15-7-4-3-5-8-15)16-11-12-19(24-13-16)25-21(27)20-17(22)9-6-10-18(20)23/h3-13H,2,14H2,1H3,(H,24,25,27). The van der Waals surface area contributed by atoms with Crippen molar-refractivity contribution >= 4 is 29.0 Å². The molecule has 0 aliphatic heterocycles. The van der Waals surface area contributed by atoms with Crippen molar-refractivity contribution in [3.8, 4) is 0 Å². The molecule has 0 bridgehead atoms. The Labute approximate surface area is 162 Å². The number of nitrogens with zero attached hydrogens (tertiary/aromatic N) is 2. The molecule has 0 saturated carbocycles. The van der Waals surface area contributed by atoms with Crippen LogP contribution in [0.4, 0.5) is 15.9 Å². The molecule has 0 fully saturated rings. The van der Waals surface area contributed by atoms with Gasteiger partial charge in [0.2, 0.25) is 0 Å². The first kappa shape index (κ1) is 18.9. The predicted molar refractivity (Wildman–Crippen MR) is 107 cm³/mol. The van der Waals surface area contributed by atoms with Crippen LogP contribution in [0.25, 0.3) is 0 Å². The first-order valence-corrected chi connectivity index (χ1v) is 8.96. The summed E-state index contributed by atoms with van der Waals surface area (Å²) in [6.07, 6.45) is 1.69. The van der Waals surface area contributed by atoms with Crippen LogP contribution in [0.5, 0.6) is 0 Å². The molecule has 1 amide bonds. The van der Waals surface area contributed by atoms with Crippen LogP contribution < -0.4 is 10.2 Å². The molecule has 1 aromatic heterocycles. The number of carbonyl (C=O) groups excluding carboxylic acids is 1. The average Bonchev–Trinajstić information content (AvgIpc) is 2.67. The van der Waals surface area contributed by atoms with Crippen molar-refractivity contribution in [3.63, 3.8) is 0 Å². The number of amides is 1. The minimum absolute atomic E-state index is 0.0594. The number of aromatic nitrogens is 1. The van der Waals surface area contributed by atoms with Crippen molar-refractivity contribution in [3.05, 3.63) is 88.8 Å². The molecule has 1 N–H and O–H groups in total. The van der Waals surface area contributed by atoms with Crippen LogP contribution in [0.1, 0.15) is 22.8 Å². The van der Waals surface area contributed by atoms with E-state index in [9.17, 15) is 9.18 Å². The van der Waals surface area contributed by atoms with Crippen LogP contribution in [0.2, 0.25) is 5.02 Å². The highest BCUT2D eigenvalue weighted by Crippen LogP contribution is 2.21. The summed E-state index contributed by atoms with van der Waals surface area (Å²) >= 11 is 5.93. The summed E-state index contributed by atoms with van der Waals surface area (Å²) in [5.74, 6) is -0.967. The molecule has 0 aliphatic carbocycles. The van der Waals surface area contributed by atoms with Gasteiger partial charge in [-0.15, -0.1) is 0 Å². The fourth-order valence-electron chi connectivity index (χ4n) is 2.73. The Kier molecular flexibility index (Phi) is 6.04. The second kappa shape index (κ2) is 8.64. The van der Waals surface area contributed by atoms with E-state index in [1.807, 2.05) is 24.3 Å². The monoisotopic (exact) mass is 383 g/mol. The third kappa shape index (κ3) is 4.63. The number of rotatable bonds is 6. The lowest BCUT2D eigenvalue weighted by Gasteiger charge is -2.23. The topological polar surface area (TPSA) is 45.2 Å². The Morgan fingerprint density at radius 1 is 1.11 bits per heavy atom. The van der Waals surface area contributed by atoms with Crippen molar-refractivity contribution in [2.75, 3.05) is 16.8 Å². The van der Waals surface area contributed by atoms with Crippen LogP contribution in [-0.4, -0.2) is 17.4 Å². The number of halogens is 2. The molecule has 3 aromatic rings. The molecule has 4 nitrogen and oxygen atoms in total. The van der Waals surface area contributed by atoms with Gasteiger partial charge < -0.3 is 10.2 Å². The third-order valence-corrected chi connectivity index (χ3v) is 4.46. The van der Waals surface area contributed by atoms with Gasteiger partial charge in [0.05, 0.1) is 22.5 Å². The van der Waals surface area contributed by atoms with E-state index in [1.165, 1.54) is 23.8 Å². The highest BCUT2D eigenvalue weighted by atomic mass is 35.5. The number of hydrogen-bond acceptors (Lipinski definition) is 3. The maximum absolute atomic E-state index is 13.9. The molecular weight excluding hydrogens is 365 g/mol. The zero-order chi connectivity index (χ0) is 19.2. The lowest BCUT2D eigenvalue weighted by atomic mass is 10.2. The predicted octanol–water partition coefficient (Wildman–Crippen LogP) is 5.15. The zero-order valence-corrected chi connectivity index (χ0v) is 15.6. The van der Waals surface area contributed by atoms with Crippen LogP contribution in [-0.2, 0) is 6.54 Å². The molecule has 27 heavy (non-hydrogen) atoms. The summed E-state index contributed by atoms with van der Waals surface area (Å²) in [6, 6.07) is 17.8. The molecule has 0 spiro atoms. The molecule has 0 unspecified atom stereocenters. The fraction of sp³-hybridized carbons (Fsp3) is 0.143. The van der Waals surface area contributed by atoms with Crippen LogP contribution in [0.15, 0.2) is 66.9 Å². The van der Waals surface area contributed by atoms with Crippen molar-refractivity contribution in [2.45, 2.75) is 13.5 Å². The van der Waals surface area contributed by atoms with E-state index in [-0.39, 0.29) is 10.6 Å². The van der Waals surface area contributed by atoms with Crippen molar-refractivity contribution < 1.29 is 9.18 Å². The Morgan fingerprint density at radius 2 is 1.89 bits per heavy atom. The normalized spacial score (nSPS) is 10.5. The fourth-order valence-corrected chi connectivity index (χ4v) is 2.98. The molecule has 138 valence electrons.